The zero-order valence-electron chi connectivity index (χ0n) is 10.5. The van der Waals surface area contributed by atoms with Gasteiger partial charge in [-0.05, 0) is 37.0 Å². The molecule has 0 atom stereocenters. The van der Waals surface area contributed by atoms with Crippen LogP contribution >= 0.6 is 0 Å². The number of hydrogen-bond donors (Lipinski definition) is 0. The maximum atomic E-state index is 6.22. The van der Waals surface area contributed by atoms with Crippen molar-refractivity contribution in [2.24, 2.45) is 0 Å². The molecule has 3 rings (SSSR count). The number of furan rings is 1. The van der Waals surface area contributed by atoms with Crippen LogP contribution in [0.5, 0.6) is 0 Å². The Morgan fingerprint density at radius 3 is 2.56 bits per heavy atom. The summed E-state index contributed by atoms with van der Waals surface area (Å²) in [7, 11) is 6.22. The second kappa shape index (κ2) is 4.06. The predicted molar refractivity (Wildman–Crippen MR) is 76.5 cm³/mol. The molecule has 0 N–H and O–H groups in total. The molecule has 0 amide bonds. The van der Waals surface area contributed by atoms with Gasteiger partial charge in [0.15, 0.2) is 0 Å². The molecule has 18 heavy (non-hydrogen) atoms. The zero-order valence-corrected chi connectivity index (χ0v) is 10.5. The first-order chi connectivity index (χ1) is 8.66. The molecule has 0 bridgehead atoms. The van der Waals surface area contributed by atoms with Crippen LogP contribution in [0.15, 0.2) is 46.9 Å². The average molecular weight is 232 g/mol. The summed E-state index contributed by atoms with van der Waals surface area (Å²) in [6.45, 7) is 4.12. The van der Waals surface area contributed by atoms with Crippen molar-refractivity contribution in [1.82, 2.24) is 0 Å². The minimum Gasteiger partial charge on any atom is -0.457 e. The van der Waals surface area contributed by atoms with Crippen LogP contribution in [-0.4, -0.2) is 7.85 Å². The lowest BCUT2D eigenvalue weighted by Crippen LogP contribution is -2.03. The molecular formula is C16H13BO. The first kappa shape index (κ1) is 11.2. The van der Waals surface area contributed by atoms with Crippen LogP contribution in [0.2, 0.25) is 0 Å². The fourth-order valence-corrected chi connectivity index (χ4v) is 2.26. The monoisotopic (exact) mass is 232 g/mol. The highest BCUT2D eigenvalue weighted by Gasteiger charge is 2.13. The molecule has 2 heteroatoms. The topological polar surface area (TPSA) is 13.1 Å². The smallest absolute Gasteiger partial charge is 0.134 e. The van der Waals surface area contributed by atoms with Gasteiger partial charge in [0, 0.05) is 10.9 Å². The van der Waals surface area contributed by atoms with E-state index in [4.69, 9.17) is 12.3 Å². The highest BCUT2D eigenvalue weighted by molar-refractivity contribution is 6.42. The lowest BCUT2D eigenvalue weighted by atomic mass is 9.88. The minimum absolute atomic E-state index is 0.725. The Morgan fingerprint density at radius 1 is 1.00 bits per heavy atom. The third-order valence-corrected chi connectivity index (χ3v) is 3.27. The number of hydrogen-bond acceptors (Lipinski definition) is 1. The molecule has 1 heterocycles. The van der Waals surface area contributed by atoms with Crippen LogP contribution in [0.4, 0.5) is 0 Å². The highest BCUT2D eigenvalue weighted by Crippen LogP contribution is 2.27. The Hall–Kier alpha value is -1.96. The molecular weight excluding hydrogens is 219 g/mol. The Kier molecular flexibility index (Phi) is 2.51. The van der Waals surface area contributed by atoms with Crippen LogP contribution in [0.25, 0.3) is 22.3 Å². The maximum absolute atomic E-state index is 6.22. The van der Waals surface area contributed by atoms with Crippen molar-refractivity contribution in [2.45, 2.75) is 13.8 Å². The normalized spacial score (nSPS) is 11.0. The second-order valence-electron chi connectivity index (χ2n) is 4.66. The third kappa shape index (κ3) is 1.65. The zero-order chi connectivity index (χ0) is 12.7. The fourth-order valence-electron chi connectivity index (χ4n) is 2.26. The number of fused-ring (bicyclic) bond motifs is 1. The molecule has 2 radical (unpaired) electrons. The molecule has 0 unspecified atom stereocenters. The van der Waals surface area contributed by atoms with Gasteiger partial charge in [0.2, 0.25) is 0 Å². The number of benzene rings is 2. The second-order valence-corrected chi connectivity index (χ2v) is 4.66. The van der Waals surface area contributed by atoms with Gasteiger partial charge in [0.1, 0.15) is 19.2 Å². The molecule has 0 aliphatic rings. The van der Waals surface area contributed by atoms with Crippen LogP contribution in [0.1, 0.15) is 11.1 Å². The molecule has 0 spiro atoms. The van der Waals surface area contributed by atoms with E-state index < -0.39 is 0 Å². The van der Waals surface area contributed by atoms with Crippen molar-refractivity contribution < 1.29 is 4.42 Å². The summed E-state index contributed by atoms with van der Waals surface area (Å²) in [5.74, 6) is 0.772. The summed E-state index contributed by atoms with van der Waals surface area (Å²) in [5.41, 5.74) is 4.98. The molecule has 0 saturated heterocycles. The number of rotatable bonds is 1. The average Bonchev–Trinajstić information content (AvgIpc) is 2.68. The van der Waals surface area contributed by atoms with Gasteiger partial charge in [-0.25, -0.2) is 0 Å². The molecule has 1 aromatic heterocycles. The summed E-state index contributed by atoms with van der Waals surface area (Å²) >= 11 is 0. The van der Waals surface area contributed by atoms with Gasteiger partial charge < -0.3 is 4.42 Å². The van der Waals surface area contributed by atoms with E-state index in [0.717, 1.165) is 27.8 Å². The summed E-state index contributed by atoms with van der Waals surface area (Å²) in [6, 6.07) is 14.2. The van der Waals surface area contributed by atoms with Gasteiger partial charge in [-0.3, -0.25) is 0 Å². The summed E-state index contributed by atoms with van der Waals surface area (Å²) in [4.78, 5) is 0. The molecule has 3 aromatic rings. The molecule has 2 aromatic carbocycles. The van der Waals surface area contributed by atoms with Crippen molar-refractivity contribution in [3.05, 3.63) is 53.6 Å². The maximum Gasteiger partial charge on any atom is 0.134 e. The first-order valence-electron chi connectivity index (χ1n) is 6.01. The summed E-state index contributed by atoms with van der Waals surface area (Å²) < 4.78 is 5.90. The van der Waals surface area contributed by atoms with E-state index >= 15 is 0 Å². The lowest BCUT2D eigenvalue weighted by Gasteiger charge is -2.02. The molecule has 0 saturated carbocycles. The van der Waals surface area contributed by atoms with Gasteiger partial charge in [0.25, 0.3) is 0 Å². The van der Waals surface area contributed by atoms with E-state index in [1.165, 1.54) is 11.1 Å². The molecule has 0 fully saturated rings. The third-order valence-electron chi connectivity index (χ3n) is 3.27. The predicted octanol–water partition coefficient (Wildman–Crippen LogP) is 3.51. The molecule has 0 aliphatic carbocycles. The molecule has 1 nitrogen and oxygen atoms in total. The standard InChI is InChI=1S/C16H13BO/c1-10-7-8-14-13(9-10)15(17)16(18-14)12-6-4-3-5-11(12)2/h3-9H,1-2H3. The number of aryl methyl sites for hydroxylation is 2. The summed E-state index contributed by atoms with van der Waals surface area (Å²) in [6.07, 6.45) is 0. The lowest BCUT2D eigenvalue weighted by molar-refractivity contribution is 0.633. The van der Waals surface area contributed by atoms with Gasteiger partial charge in [-0.15, -0.1) is 0 Å². The molecule has 0 aliphatic heterocycles. The Bertz CT molecular complexity index is 725. The van der Waals surface area contributed by atoms with Crippen LogP contribution < -0.4 is 5.46 Å². The van der Waals surface area contributed by atoms with E-state index in [9.17, 15) is 0 Å². The Balaban J connectivity index is 2.31. The largest absolute Gasteiger partial charge is 0.457 e. The molecule has 86 valence electrons. The van der Waals surface area contributed by atoms with Crippen molar-refractivity contribution in [3.8, 4) is 11.3 Å². The SMILES string of the molecule is [B]c1c(-c2ccccc2C)oc2ccc(C)cc12. The van der Waals surface area contributed by atoms with Crippen LogP contribution in [-0.2, 0) is 0 Å². The highest BCUT2D eigenvalue weighted by atomic mass is 16.3. The Labute approximate surface area is 108 Å². The van der Waals surface area contributed by atoms with Crippen molar-refractivity contribution in [3.63, 3.8) is 0 Å². The van der Waals surface area contributed by atoms with Crippen molar-refractivity contribution in [1.29, 1.82) is 0 Å². The van der Waals surface area contributed by atoms with E-state index in [0.29, 0.717) is 0 Å². The van der Waals surface area contributed by atoms with E-state index in [1.807, 2.05) is 30.3 Å². The fraction of sp³-hybridized carbons (Fsp3) is 0.125. The van der Waals surface area contributed by atoms with Crippen molar-refractivity contribution in [2.75, 3.05) is 0 Å². The van der Waals surface area contributed by atoms with E-state index in [-0.39, 0.29) is 0 Å². The minimum atomic E-state index is 0.725. The van der Waals surface area contributed by atoms with Gasteiger partial charge >= 0.3 is 0 Å². The van der Waals surface area contributed by atoms with Gasteiger partial charge in [-0.1, -0.05) is 35.9 Å². The Morgan fingerprint density at radius 2 is 1.78 bits per heavy atom. The van der Waals surface area contributed by atoms with Crippen molar-refractivity contribution >= 4 is 24.3 Å². The van der Waals surface area contributed by atoms with E-state index in [2.05, 4.69) is 26.0 Å². The van der Waals surface area contributed by atoms with E-state index in [1.54, 1.807) is 0 Å². The van der Waals surface area contributed by atoms with Crippen LogP contribution in [0.3, 0.4) is 0 Å². The van der Waals surface area contributed by atoms with Crippen LogP contribution in [0, 0.1) is 13.8 Å². The van der Waals surface area contributed by atoms with Gasteiger partial charge in [0.05, 0.1) is 0 Å². The first-order valence-corrected chi connectivity index (χ1v) is 6.01. The van der Waals surface area contributed by atoms with Gasteiger partial charge in [-0.2, -0.15) is 0 Å². The summed E-state index contributed by atoms with van der Waals surface area (Å²) in [5, 5.41) is 0.994. The quantitative estimate of drug-likeness (QED) is 0.585.